The zero-order valence-corrected chi connectivity index (χ0v) is 10.9. The van der Waals surface area contributed by atoms with Crippen LogP contribution in [0.3, 0.4) is 0 Å². The van der Waals surface area contributed by atoms with Crippen LogP contribution >= 0.6 is 0 Å². The van der Waals surface area contributed by atoms with Gasteiger partial charge in [0.05, 0.1) is 18.0 Å². The van der Waals surface area contributed by atoms with Crippen molar-refractivity contribution in [2.24, 2.45) is 0 Å². The van der Waals surface area contributed by atoms with Crippen LogP contribution in [0.4, 0.5) is 0 Å². The molecule has 1 amide bonds. The average Bonchev–Trinajstić information content (AvgIpc) is 2.86. The summed E-state index contributed by atoms with van der Waals surface area (Å²) in [5.41, 5.74) is 1.05. The van der Waals surface area contributed by atoms with Crippen LogP contribution in [0.15, 0.2) is 24.3 Å². The molecule has 0 radical (unpaired) electrons. The number of carboxylic acids is 1. The fourth-order valence-corrected chi connectivity index (χ4v) is 1.86. The van der Waals surface area contributed by atoms with E-state index < -0.39 is 12.1 Å². The first-order valence-electron chi connectivity index (χ1n) is 6.07. The lowest BCUT2D eigenvalue weighted by Crippen LogP contribution is -2.34. The second-order valence-corrected chi connectivity index (χ2v) is 4.28. The number of nitrogens with one attached hydrogen (secondary N) is 2. The number of aromatic nitrogens is 2. The summed E-state index contributed by atoms with van der Waals surface area (Å²) in [6.07, 6.45) is -0.736. The molecule has 0 spiro atoms. The van der Waals surface area contributed by atoms with Crippen molar-refractivity contribution < 1.29 is 19.4 Å². The van der Waals surface area contributed by atoms with Crippen molar-refractivity contribution in [2.45, 2.75) is 12.5 Å². The van der Waals surface area contributed by atoms with Gasteiger partial charge in [-0.1, -0.05) is 18.2 Å². The van der Waals surface area contributed by atoms with Crippen molar-refractivity contribution in [2.75, 3.05) is 13.7 Å². The van der Waals surface area contributed by atoms with Gasteiger partial charge in [0.1, 0.15) is 0 Å². The number of nitrogens with zero attached hydrogens (tertiary/aromatic N) is 1. The molecule has 0 aliphatic carbocycles. The Hall–Kier alpha value is -2.41. The number of H-pyrrole nitrogens is 1. The molecule has 1 atom stereocenters. The Kier molecular flexibility index (Phi) is 4.31. The van der Waals surface area contributed by atoms with Crippen molar-refractivity contribution in [1.82, 2.24) is 15.5 Å². The van der Waals surface area contributed by atoms with Gasteiger partial charge < -0.3 is 15.2 Å². The summed E-state index contributed by atoms with van der Waals surface area (Å²) in [6.45, 7) is 0.114. The molecule has 1 unspecified atom stereocenters. The Morgan fingerprint density at radius 2 is 2.20 bits per heavy atom. The largest absolute Gasteiger partial charge is 0.481 e. The predicted molar refractivity (Wildman–Crippen MR) is 71.5 cm³/mol. The van der Waals surface area contributed by atoms with E-state index in [4.69, 9.17) is 9.84 Å². The fourth-order valence-electron chi connectivity index (χ4n) is 1.86. The smallest absolute Gasteiger partial charge is 0.306 e. The minimum Gasteiger partial charge on any atom is -0.481 e. The Balaban J connectivity index is 2.03. The SMILES string of the molecule is COC(CNC(=O)c1n[nH]c2ccccc12)CC(=O)O. The van der Waals surface area contributed by atoms with Gasteiger partial charge in [-0.25, -0.2) is 0 Å². The maximum absolute atomic E-state index is 12.0. The van der Waals surface area contributed by atoms with Crippen LogP contribution < -0.4 is 5.32 Å². The molecule has 20 heavy (non-hydrogen) atoms. The van der Waals surface area contributed by atoms with Gasteiger partial charge >= 0.3 is 5.97 Å². The summed E-state index contributed by atoms with van der Waals surface area (Å²) in [5, 5.41) is 18.8. The van der Waals surface area contributed by atoms with E-state index in [1.165, 1.54) is 7.11 Å². The Morgan fingerprint density at radius 3 is 2.90 bits per heavy atom. The predicted octanol–water partition coefficient (Wildman–Crippen LogP) is 0.782. The Morgan fingerprint density at radius 1 is 1.45 bits per heavy atom. The first kappa shape index (κ1) is 14.0. The molecule has 0 saturated carbocycles. The number of fused-ring (bicyclic) bond motifs is 1. The van der Waals surface area contributed by atoms with Crippen LogP contribution in [-0.2, 0) is 9.53 Å². The molecule has 7 heteroatoms. The standard InChI is InChI=1S/C13H15N3O4/c1-20-8(6-11(17)18)7-14-13(19)12-9-4-2-3-5-10(9)15-16-12/h2-5,8H,6-7H2,1H3,(H,14,19)(H,15,16)(H,17,18). The molecule has 3 N–H and O–H groups in total. The summed E-state index contributed by atoms with van der Waals surface area (Å²) in [6, 6.07) is 7.27. The number of hydrogen-bond acceptors (Lipinski definition) is 4. The zero-order chi connectivity index (χ0) is 14.5. The van der Waals surface area contributed by atoms with Gasteiger partial charge in [0, 0.05) is 19.0 Å². The van der Waals surface area contributed by atoms with Crippen LogP contribution in [0.25, 0.3) is 10.9 Å². The average molecular weight is 277 g/mol. The van der Waals surface area contributed by atoms with Gasteiger partial charge in [0.15, 0.2) is 5.69 Å². The zero-order valence-electron chi connectivity index (χ0n) is 10.9. The van der Waals surface area contributed by atoms with Crippen LogP contribution in [0.1, 0.15) is 16.9 Å². The summed E-state index contributed by atoms with van der Waals surface area (Å²) in [7, 11) is 1.41. The molecule has 2 aromatic rings. The van der Waals surface area contributed by atoms with Crippen LogP contribution in [0, 0.1) is 0 Å². The van der Waals surface area contributed by atoms with Gasteiger partial charge in [-0.05, 0) is 6.07 Å². The van der Waals surface area contributed by atoms with Crippen molar-refractivity contribution in [3.8, 4) is 0 Å². The van der Waals surface area contributed by atoms with E-state index in [2.05, 4.69) is 15.5 Å². The van der Waals surface area contributed by atoms with E-state index in [1.54, 1.807) is 6.07 Å². The molecular weight excluding hydrogens is 262 g/mol. The number of ether oxygens (including phenoxy) is 1. The van der Waals surface area contributed by atoms with Crippen LogP contribution in [0.5, 0.6) is 0 Å². The molecule has 0 aliphatic heterocycles. The molecule has 2 rings (SSSR count). The lowest BCUT2D eigenvalue weighted by Gasteiger charge is -2.13. The minimum absolute atomic E-state index is 0.114. The Labute approximate surface area is 114 Å². The van der Waals surface area contributed by atoms with E-state index in [0.29, 0.717) is 0 Å². The van der Waals surface area contributed by atoms with Crippen LogP contribution in [-0.4, -0.2) is 46.9 Å². The number of amides is 1. The van der Waals surface area contributed by atoms with E-state index in [-0.39, 0.29) is 24.6 Å². The number of aliphatic carboxylic acids is 1. The molecule has 0 aliphatic rings. The molecule has 7 nitrogen and oxygen atoms in total. The molecule has 1 heterocycles. The summed E-state index contributed by atoms with van der Waals surface area (Å²) < 4.78 is 4.99. The second-order valence-electron chi connectivity index (χ2n) is 4.28. The van der Waals surface area contributed by atoms with Gasteiger partial charge in [-0.15, -0.1) is 0 Å². The highest BCUT2D eigenvalue weighted by molar-refractivity contribution is 6.04. The number of para-hydroxylation sites is 1. The quantitative estimate of drug-likeness (QED) is 0.724. The van der Waals surface area contributed by atoms with Crippen molar-refractivity contribution >= 4 is 22.8 Å². The van der Waals surface area contributed by atoms with Crippen molar-refractivity contribution in [3.63, 3.8) is 0 Å². The maximum atomic E-state index is 12.0. The molecule has 0 saturated heterocycles. The van der Waals surface area contributed by atoms with Gasteiger partial charge in [0.2, 0.25) is 0 Å². The van der Waals surface area contributed by atoms with Crippen molar-refractivity contribution in [3.05, 3.63) is 30.0 Å². The number of carboxylic acid groups (broad SMARTS) is 1. The number of benzene rings is 1. The minimum atomic E-state index is -0.976. The number of carbonyl (C=O) groups is 2. The van der Waals surface area contributed by atoms with Gasteiger partial charge in [0.25, 0.3) is 5.91 Å². The van der Waals surface area contributed by atoms with Gasteiger partial charge in [-0.2, -0.15) is 5.10 Å². The lowest BCUT2D eigenvalue weighted by atomic mass is 10.2. The summed E-state index contributed by atoms with van der Waals surface area (Å²) >= 11 is 0. The molecule has 0 fully saturated rings. The maximum Gasteiger partial charge on any atom is 0.306 e. The van der Waals surface area contributed by atoms with E-state index in [9.17, 15) is 9.59 Å². The summed E-state index contributed by atoms with van der Waals surface area (Å²) in [5.74, 6) is -1.34. The second kappa shape index (κ2) is 6.16. The molecule has 106 valence electrons. The lowest BCUT2D eigenvalue weighted by molar-refractivity contribution is -0.139. The first-order chi connectivity index (χ1) is 9.61. The normalized spacial score (nSPS) is 12.2. The molecule has 1 aromatic heterocycles. The van der Waals surface area contributed by atoms with E-state index in [1.807, 2.05) is 18.2 Å². The third kappa shape index (κ3) is 3.12. The van der Waals surface area contributed by atoms with Crippen LogP contribution in [0.2, 0.25) is 0 Å². The Bertz CT molecular complexity index is 623. The first-order valence-corrected chi connectivity index (χ1v) is 6.07. The number of hydrogen-bond donors (Lipinski definition) is 3. The molecule has 1 aromatic carbocycles. The number of aromatic amines is 1. The summed E-state index contributed by atoms with van der Waals surface area (Å²) in [4.78, 5) is 22.6. The highest BCUT2D eigenvalue weighted by Gasteiger charge is 2.17. The number of rotatable bonds is 6. The molecular formula is C13H15N3O4. The third-order valence-corrected chi connectivity index (χ3v) is 2.91. The number of carbonyl (C=O) groups excluding carboxylic acids is 1. The van der Waals surface area contributed by atoms with Gasteiger partial charge in [-0.3, -0.25) is 14.7 Å². The number of methoxy groups -OCH3 is 1. The monoisotopic (exact) mass is 277 g/mol. The highest BCUT2D eigenvalue weighted by atomic mass is 16.5. The van der Waals surface area contributed by atoms with E-state index >= 15 is 0 Å². The molecule has 0 bridgehead atoms. The fraction of sp³-hybridized carbons (Fsp3) is 0.308. The van der Waals surface area contributed by atoms with E-state index in [0.717, 1.165) is 10.9 Å². The highest BCUT2D eigenvalue weighted by Crippen LogP contribution is 2.14. The third-order valence-electron chi connectivity index (χ3n) is 2.91. The topological polar surface area (TPSA) is 104 Å². The van der Waals surface area contributed by atoms with Crippen molar-refractivity contribution in [1.29, 1.82) is 0 Å².